The van der Waals surface area contributed by atoms with Crippen LogP contribution in [0.4, 0.5) is 0 Å². The lowest BCUT2D eigenvalue weighted by Crippen LogP contribution is -1.86. The Morgan fingerprint density at radius 2 is 1.35 bits per heavy atom. The number of rotatable bonds is 2. The minimum atomic E-state index is 0.922. The van der Waals surface area contributed by atoms with Crippen molar-refractivity contribution in [3.8, 4) is 22.3 Å². The van der Waals surface area contributed by atoms with Crippen molar-refractivity contribution in [2.45, 2.75) is 0 Å². The van der Waals surface area contributed by atoms with E-state index in [0.717, 1.165) is 37.5 Å². The Bertz CT molecular complexity index is 1240. The molecule has 0 saturated heterocycles. The van der Waals surface area contributed by atoms with Crippen LogP contribution in [0.25, 0.3) is 44.2 Å². The summed E-state index contributed by atoms with van der Waals surface area (Å²) in [6.07, 6.45) is 0. The maximum absolute atomic E-state index is 6.25. The van der Waals surface area contributed by atoms with Crippen LogP contribution < -0.4 is 0 Å². The Kier molecular flexibility index (Phi) is 3.65. The van der Waals surface area contributed by atoms with Crippen molar-refractivity contribution in [2.24, 2.45) is 0 Å². The van der Waals surface area contributed by atoms with E-state index in [9.17, 15) is 0 Å². The molecule has 5 aromatic rings. The van der Waals surface area contributed by atoms with Gasteiger partial charge in [0.2, 0.25) is 0 Å². The van der Waals surface area contributed by atoms with Crippen LogP contribution in [-0.2, 0) is 0 Å². The summed E-state index contributed by atoms with van der Waals surface area (Å²) in [7, 11) is 0. The van der Waals surface area contributed by atoms with Gasteiger partial charge in [0.05, 0.1) is 0 Å². The van der Waals surface area contributed by atoms with Crippen molar-refractivity contribution in [1.29, 1.82) is 0 Å². The quantitative estimate of drug-likeness (QED) is 0.297. The first-order chi connectivity index (χ1) is 12.8. The molecular formula is C24H15BrO. The summed E-state index contributed by atoms with van der Waals surface area (Å²) in [5.41, 5.74) is 6.52. The zero-order valence-corrected chi connectivity index (χ0v) is 15.5. The molecule has 0 saturated carbocycles. The molecule has 0 fully saturated rings. The lowest BCUT2D eigenvalue weighted by atomic mass is 9.93. The third kappa shape index (κ3) is 2.46. The van der Waals surface area contributed by atoms with Crippen LogP contribution >= 0.6 is 15.9 Å². The van der Waals surface area contributed by atoms with Gasteiger partial charge in [-0.15, -0.1) is 0 Å². The van der Waals surface area contributed by atoms with Crippen molar-refractivity contribution >= 4 is 37.9 Å². The lowest BCUT2D eigenvalue weighted by molar-refractivity contribution is 0.670. The third-order valence-electron chi connectivity index (χ3n) is 4.76. The topological polar surface area (TPSA) is 13.1 Å². The van der Waals surface area contributed by atoms with Gasteiger partial charge in [-0.1, -0.05) is 88.7 Å². The number of para-hydroxylation sites is 2. The smallest absolute Gasteiger partial charge is 0.143 e. The second-order valence-electron chi connectivity index (χ2n) is 6.34. The van der Waals surface area contributed by atoms with Gasteiger partial charge in [-0.2, -0.15) is 0 Å². The minimum Gasteiger partial charge on any atom is -0.455 e. The summed E-state index contributed by atoms with van der Waals surface area (Å²) in [5.74, 6) is 0. The summed E-state index contributed by atoms with van der Waals surface area (Å²) in [4.78, 5) is 0. The van der Waals surface area contributed by atoms with Crippen LogP contribution in [0.5, 0.6) is 0 Å². The molecule has 26 heavy (non-hydrogen) atoms. The fourth-order valence-corrected chi connectivity index (χ4v) is 3.93. The van der Waals surface area contributed by atoms with Crippen LogP contribution in [-0.4, -0.2) is 0 Å². The van der Waals surface area contributed by atoms with Gasteiger partial charge >= 0.3 is 0 Å². The zero-order valence-electron chi connectivity index (χ0n) is 13.9. The number of hydrogen-bond acceptors (Lipinski definition) is 1. The normalized spacial score (nSPS) is 11.3. The second-order valence-corrected chi connectivity index (χ2v) is 7.25. The maximum atomic E-state index is 6.25. The molecule has 5 rings (SSSR count). The minimum absolute atomic E-state index is 0.922. The van der Waals surface area contributed by atoms with Gasteiger partial charge in [-0.25, -0.2) is 0 Å². The van der Waals surface area contributed by atoms with Crippen molar-refractivity contribution in [2.75, 3.05) is 0 Å². The van der Waals surface area contributed by atoms with E-state index in [1.165, 1.54) is 11.1 Å². The molecule has 0 N–H and O–H groups in total. The van der Waals surface area contributed by atoms with E-state index in [-0.39, 0.29) is 0 Å². The van der Waals surface area contributed by atoms with E-state index < -0.39 is 0 Å². The predicted molar refractivity (Wildman–Crippen MR) is 112 cm³/mol. The van der Waals surface area contributed by atoms with Gasteiger partial charge < -0.3 is 4.42 Å². The zero-order chi connectivity index (χ0) is 17.5. The molecule has 0 atom stereocenters. The Hall–Kier alpha value is -2.84. The Morgan fingerprint density at radius 1 is 0.577 bits per heavy atom. The molecule has 0 aliphatic heterocycles. The van der Waals surface area contributed by atoms with Gasteiger partial charge in [0.1, 0.15) is 11.2 Å². The van der Waals surface area contributed by atoms with E-state index in [0.29, 0.717) is 0 Å². The van der Waals surface area contributed by atoms with Crippen LogP contribution in [0, 0.1) is 0 Å². The molecule has 4 aromatic carbocycles. The van der Waals surface area contributed by atoms with Gasteiger partial charge in [0, 0.05) is 20.8 Å². The molecular weight excluding hydrogens is 384 g/mol. The van der Waals surface area contributed by atoms with E-state index in [1.54, 1.807) is 0 Å². The van der Waals surface area contributed by atoms with E-state index in [2.05, 4.69) is 88.7 Å². The molecule has 0 unspecified atom stereocenters. The monoisotopic (exact) mass is 398 g/mol. The van der Waals surface area contributed by atoms with Crippen molar-refractivity contribution in [1.82, 2.24) is 0 Å². The van der Waals surface area contributed by atoms with Crippen molar-refractivity contribution < 1.29 is 4.42 Å². The standard InChI is InChI=1S/C24H15BrO/c25-17-13-14-18(16-7-2-1-3-8-16)22(15-17)21-11-6-10-20-19-9-4-5-12-23(19)26-24(20)21/h1-15H. The first-order valence-corrected chi connectivity index (χ1v) is 9.36. The van der Waals surface area contributed by atoms with E-state index >= 15 is 0 Å². The second kappa shape index (κ2) is 6.15. The SMILES string of the molecule is Brc1ccc(-c2ccccc2)c(-c2cccc3c2oc2ccccc23)c1. The predicted octanol–water partition coefficient (Wildman–Crippen LogP) is 7.68. The first-order valence-electron chi connectivity index (χ1n) is 8.57. The fourth-order valence-electron chi connectivity index (χ4n) is 3.57. The van der Waals surface area contributed by atoms with Gasteiger partial charge in [0.15, 0.2) is 0 Å². The number of furan rings is 1. The average Bonchev–Trinajstić information content (AvgIpc) is 3.07. The molecule has 0 spiro atoms. The summed E-state index contributed by atoms with van der Waals surface area (Å²) in [6.45, 7) is 0. The molecule has 2 heteroatoms. The highest BCUT2D eigenvalue weighted by molar-refractivity contribution is 9.10. The number of benzene rings is 4. The van der Waals surface area contributed by atoms with Crippen molar-refractivity contribution in [3.63, 3.8) is 0 Å². The summed E-state index contributed by atoms with van der Waals surface area (Å²) < 4.78 is 7.31. The molecule has 1 nitrogen and oxygen atoms in total. The molecule has 0 amide bonds. The highest BCUT2D eigenvalue weighted by Gasteiger charge is 2.15. The van der Waals surface area contributed by atoms with Crippen LogP contribution in [0.2, 0.25) is 0 Å². The maximum Gasteiger partial charge on any atom is 0.143 e. The summed E-state index contributed by atoms with van der Waals surface area (Å²) in [6, 6.07) is 31.5. The number of hydrogen-bond donors (Lipinski definition) is 0. The highest BCUT2D eigenvalue weighted by atomic mass is 79.9. The van der Waals surface area contributed by atoms with Gasteiger partial charge in [-0.3, -0.25) is 0 Å². The summed E-state index contributed by atoms with van der Waals surface area (Å²) in [5, 5.41) is 2.30. The van der Waals surface area contributed by atoms with Crippen LogP contribution in [0.3, 0.4) is 0 Å². The molecule has 0 aliphatic carbocycles. The van der Waals surface area contributed by atoms with E-state index in [4.69, 9.17) is 4.42 Å². The van der Waals surface area contributed by atoms with Gasteiger partial charge in [0.25, 0.3) is 0 Å². The molecule has 124 valence electrons. The first kappa shape index (κ1) is 15.4. The average molecular weight is 399 g/mol. The van der Waals surface area contributed by atoms with Crippen LogP contribution in [0.1, 0.15) is 0 Å². The molecule has 1 heterocycles. The third-order valence-corrected chi connectivity index (χ3v) is 5.25. The van der Waals surface area contributed by atoms with Crippen LogP contribution in [0.15, 0.2) is 99.9 Å². The Labute approximate surface area is 160 Å². The molecule has 0 bridgehead atoms. The molecule has 0 aliphatic rings. The summed E-state index contributed by atoms with van der Waals surface area (Å²) >= 11 is 3.63. The van der Waals surface area contributed by atoms with Crippen molar-refractivity contribution in [3.05, 3.63) is 95.5 Å². The molecule has 1 aromatic heterocycles. The number of halogens is 1. The lowest BCUT2D eigenvalue weighted by Gasteiger charge is -2.11. The largest absolute Gasteiger partial charge is 0.455 e. The Balaban J connectivity index is 1.85. The Morgan fingerprint density at radius 3 is 2.23 bits per heavy atom. The highest BCUT2D eigenvalue weighted by Crippen LogP contribution is 2.40. The number of fused-ring (bicyclic) bond motifs is 3. The van der Waals surface area contributed by atoms with Gasteiger partial charge in [-0.05, 0) is 34.9 Å². The fraction of sp³-hybridized carbons (Fsp3) is 0. The van der Waals surface area contributed by atoms with E-state index in [1.807, 2.05) is 18.2 Å². The molecule has 0 radical (unpaired) electrons.